The van der Waals surface area contributed by atoms with Crippen LogP contribution < -0.4 is 4.74 Å². The van der Waals surface area contributed by atoms with E-state index in [0.29, 0.717) is 16.5 Å². The average Bonchev–Trinajstić information content (AvgIpc) is 2.58. The van der Waals surface area contributed by atoms with Crippen LogP contribution in [0.15, 0.2) is 18.2 Å². The minimum Gasteiger partial charge on any atom is -0.494 e. The van der Waals surface area contributed by atoms with Crippen molar-refractivity contribution in [2.75, 3.05) is 7.11 Å². The number of aromatic nitrogens is 2. The molecule has 2 aromatic rings. The fraction of sp³-hybridized carbons (Fsp3) is 0.182. The minimum absolute atomic E-state index is 0.211. The highest BCUT2D eigenvalue weighted by Gasteiger charge is 2.10. The second-order valence-corrected chi connectivity index (χ2v) is 3.71. The molecule has 0 spiro atoms. The van der Waals surface area contributed by atoms with Crippen molar-refractivity contribution < 1.29 is 9.13 Å². The summed E-state index contributed by atoms with van der Waals surface area (Å²) in [5.41, 5.74) is 2.11. The number of hydrogen-bond donors (Lipinski definition) is 1. The monoisotopic (exact) mass is 240 g/mol. The quantitative estimate of drug-likeness (QED) is 0.876. The highest BCUT2D eigenvalue weighted by atomic mass is 35.5. The molecule has 0 aliphatic heterocycles. The molecular formula is C11H10ClFN2O. The van der Waals surface area contributed by atoms with Gasteiger partial charge in [0.05, 0.1) is 12.8 Å². The number of rotatable bonds is 2. The van der Waals surface area contributed by atoms with E-state index >= 15 is 0 Å². The van der Waals surface area contributed by atoms with Crippen LogP contribution in [0.2, 0.25) is 5.28 Å². The van der Waals surface area contributed by atoms with Crippen molar-refractivity contribution in [1.82, 2.24) is 9.97 Å². The topological polar surface area (TPSA) is 37.9 Å². The first-order valence-corrected chi connectivity index (χ1v) is 5.05. The molecule has 0 saturated carbocycles. The minimum atomic E-state index is -0.418. The van der Waals surface area contributed by atoms with E-state index < -0.39 is 5.82 Å². The third-order valence-electron chi connectivity index (χ3n) is 2.28. The summed E-state index contributed by atoms with van der Waals surface area (Å²) in [6, 6.07) is 4.67. The van der Waals surface area contributed by atoms with Crippen LogP contribution in [0.4, 0.5) is 4.39 Å². The lowest BCUT2D eigenvalue weighted by Crippen LogP contribution is -1.89. The highest BCUT2D eigenvalue weighted by molar-refractivity contribution is 6.28. The molecule has 0 aliphatic carbocycles. The number of halogens is 2. The summed E-state index contributed by atoms with van der Waals surface area (Å²) in [7, 11) is 1.43. The van der Waals surface area contributed by atoms with Gasteiger partial charge >= 0.3 is 0 Å². The summed E-state index contributed by atoms with van der Waals surface area (Å²) in [4.78, 5) is 6.93. The Balaban J connectivity index is 2.49. The van der Waals surface area contributed by atoms with Crippen LogP contribution in [0.3, 0.4) is 0 Å². The van der Waals surface area contributed by atoms with Gasteiger partial charge in [-0.2, -0.15) is 0 Å². The maximum atomic E-state index is 13.5. The molecule has 5 heteroatoms. The summed E-state index contributed by atoms with van der Waals surface area (Å²) in [6.45, 7) is 1.83. The molecule has 0 unspecified atom stereocenters. The van der Waals surface area contributed by atoms with Crippen LogP contribution >= 0.6 is 11.6 Å². The number of hydrogen-bond acceptors (Lipinski definition) is 2. The fourth-order valence-corrected chi connectivity index (χ4v) is 1.74. The highest BCUT2D eigenvalue weighted by Crippen LogP contribution is 2.27. The van der Waals surface area contributed by atoms with Gasteiger partial charge in [-0.3, -0.25) is 0 Å². The van der Waals surface area contributed by atoms with Gasteiger partial charge in [-0.25, -0.2) is 9.37 Å². The van der Waals surface area contributed by atoms with Crippen molar-refractivity contribution in [1.29, 1.82) is 0 Å². The van der Waals surface area contributed by atoms with Gasteiger partial charge in [0.15, 0.2) is 11.6 Å². The molecule has 0 bridgehead atoms. The van der Waals surface area contributed by atoms with Crippen LogP contribution in [0.5, 0.6) is 5.75 Å². The number of nitrogens with zero attached hydrogens (tertiary/aromatic N) is 1. The normalized spacial score (nSPS) is 10.5. The summed E-state index contributed by atoms with van der Waals surface area (Å²) >= 11 is 5.73. The number of nitrogens with one attached hydrogen (secondary N) is 1. The predicted molar refractivity (Wildman–Crippen MR) is 60.3 cm³/mol. The summed E-state index contributed by atoms with van der Waals surface area (Å²) in [5, 5.41) is 0.295. The van der Waals surface area contributed by atoms with Gasteiger partial charge in [-0.15, -0.1) is 0 Å². The van der Waals surface area contributed by atoms with E-state index in [0.717, 1.165) is 5.69 Å². The van der Waals surface area contributed by atoms with Gasteiger partial charge in [-0.1, -0.05) is 0 Å². The molecule has 16 heavy (non-hydrogen) atoms. The summed E-state index contributed by atoms with van der Waals surface area (Å²) in [6.07, 6.45) is 0. The number of ether oxygens (including phenoxy) is 1. The zero-order valence-corrected chi connectivity index (χ0v) is 9.60. The second kappa shape index (κ2) is 4.14. The first kappa shape index (κ1) is 11.0. The Bertz CT molecular complexity index is 525. The number of aryl methyl sites for hydroxylation is 1. The van der Waals surface area contributed by atoms with Gasteiger partial charge < -0.3 is 9.72 Å². The van der Waals surface area contributed by atoms with Crippen molar-refractivity contribution in [3.63, 3.8) is 0 Å². The molecule has 0 aliphatic rings. The first-order valence-electron chi connectivity index (χ1n) is 4.68. The fourth-order valence-electron chi connectivity index (χ4n) is 1.52. The van der Waals surface area contributed by atoms with Crippen LogP contribution in [0.1, 0.15) is 5.69 Å². The van der Waals surface area contributed by atoms with Crippen molar-refractivity contribution >= 4 is 11.6 Å². The molecule has 0 fully saturated rings. The standard InChI is InChI=1S/C11H10ClFN2O/c1-6-10(15-11(12)14-6)7-3-4-9(16-2)8(13)5-7/h3-5H,1-2H3,(H,14,15). The molecule has 0 radical (unpaired) electrons. The average molecular weight is 241 g/mol. The molecular weight excluding hydrogens is 231 g/mol. The Labute approximate surface area is 97.2 Å². The molecule has 84 valence electrons. The third kappa shape index (κ3) is 1.88. The number of benzene rings is 1. The van der Waals surface area contributed by atoms with Gasteiger partial charge in [0.2, 0.25) is 5.28 Å². The van der Waals surface area contributed by atoms with E-state index in [4.69, 9.17) is 16.3 Å². The second-order valence-electron chi connectivity index (χ2n) is 3.35. The van der Waals surface area contributed by atoms with E-state index in [1.807, 2.05) is 6.92 Å². The molecule has 0 saturated heterocycles. The van der Waals surface area contributed by atoms with Crippen LogP contribution in [0, 0.1) is 12.7 Å². The van der Waals surface area contributed by atoms with E-state index in [2.05, 4.69) is 9.97 Å². The maximum Gasteiger partial charge on any atom is 0.200 e. The smallest absolute Gasteiger partial charge is 0.200 e. The lowest BCUT2D eigenvalue weighted by atomic mass is 10.1. The van der Waals surface area contributed by atoms with Gasteiger partial charge in [0.25, 0.3) is 0 Å². The summed E-state index contributed by atoms with van der Waals surface area (Å²) < 4.78 is 18.3. The van der Waals surface area contributed by atoms with Crippen LogP contribution in [-0.4, -0.2) is 17.1 Å². The lowest BCUT2D eigenvalue weighted by molar-refractivity contribution is 0.386. The Morgan fingerprint density at radius 1 is 1.44 bits per heavy atom. The van der Waals surface area contributed by atoms with Gasteiger partial charge in [-0.05, 0) is 36.7 Å². The van der Waals surface area contributed by atoms with Crippen molar-refractivity contribution in [3.05, 3.63) is 35.0 Å². The Kier molecular flexibility index (Phi) is 2.83. The zero-order chi connectivity index (χ0) is 11.7. The molecule has 0 atom stereocenters. The molecule has 1 N–H and O–H groups in total. The number of aromatic amines is 1. The molecule has 0 amide bonds. The number of methoxy groups -OCH3 is 1. The largest absolute Gasteiger partial charge is 0.494 e. The predicted octanol–water partition coefficient (Wildman–Crippen LogP) is 3.19. The third-order valence-corrected chi connectivity index (χ3v) is 2.46. The van der Waals surface area contributed by atoms with E-state index in [1.165, 1.54) is 13.2 Å². The van der Waals surface area contributed by atoms with E-state index in [-0.39, 0.29) is 5.75 Å². The van der Waals surface area contributed by atoms with Crippen molar-refractivity contribution in [2.45, 2.75) is 6.92 Å². The number of H-pyrrole nitrogens is 1. The molecule has 2 rings (SSSR count). The zero-order valence-electron chi connectivity index (χ0n) is 8.84. The maximum absolute atomic E-state index is 13.5. The number of imidazole rings is 1. The summed E-state index contributed by atoms with van der Waals surface area (Å²) in [5.74, 6) is -0.207. The molecule has 1 aromatic heterocycles. The SMILES string of the molecule is COc1ccc(-c2nc(Cl)[nH]c2C)cc1F. The Morgan fingerprint density at radius 3 is 2.69 bits per heavy atom. The van der Waals surface area contributed by atoms with Gasteiger partial charge in [0.1, 0.15) is 0 Å². The van der Waals surface area contributed by atoms with Crippen molar-refractivity contribution in [2.24, 2.45) is 0 Å². The molecule has 1 heterocycles. The van der Waals surface area contributed by atoms with E-state index in [9.17, 15) is 4.39 Å². The Morgan fingerprint density at radius 2 is 2.19 bits per heavy atom. The van der Waals surface area contributed by atoms with Crippen LogP contribution in [-0.2, 0) is 0 Å². The molecule has 3 nitrogen and oxygen atoms in total. The van der Waals surface area contributed by atoms with Crippen molar-refractivity contribution in [3.8, 4) is 17.0 Å². The van der Waals surface area contributed by atoms with E-state index in [1.54, 1.807) is 12.1 Å². The first-order chi connectivity index (χ1) is 7.61. The van der Waals surface area contributed by atoms with Gasteiger partial charge in [0, 0.05) is 11.3 Å². The molecule has 1 aromatic carbocycles. The lowest BCUT2D eigenvalue weighted by Gasteiger charge is -2.03. The van der Waals surface area contributed by atoms with Crippen LogP contribution in [0.25, 0.3) is 11.3 Å². The Hall–Kier alpha value is -1.55.